The Kier molecular flexibility index (Phi) is 2.67. The van der Waals surface area contributed by atoms with Gasteiger partial charge in [-0.15, -0.1) is 0 Å². The van der Waals surface area contributed by atoms with Crippen LogP contribution in [0.4, 0.5) is 0 Å². The van der Waals surface area contributed by atoms with Crippen LogP contribution >= 0.6 is 0 Å². The average molecular weight is 232 g/mol. The minimum Gasteiger partial charge on any atom is -0.480 e. The van der Waals surface area contributed by atoms with Gasteiger partial charge in [0.2, 0.25) is 0 Å². The van der Waals surface area contributed by atoms with Crippen molar-refractivity contribution in [3.8, 4) is 0 Å². The molecule has 0 fully saturated rings. The number of carbonyl (C=O) groups is 1. The fourth-order valence-electron chi connectivity index (χ4n) is 1.72. The Bertz CT molecular complexity index is 659. The largest absolute Gasteiger partial charge is 0.480 e. The topological polar surface area (TPSA) is 72.2 Å². The zero-order valence-electron chi connectivity index (χ0n) is 9.60. The van der Waals surface area contributed by atoms with Crippen molar-refractivity contribution in [2.24, 2.45) is 0 Å². The summed E-state index contributed by atoms with van der Waals surface area (Å²) >= 11 is 0. The van der Waals surface area contributed by atoms with Gasteiger partial charge in [0.05, 0.1) is 17.2 Å². The SMILES string of the molecule is Cc1cc2ncc(=O)n(CC(=O)O)c2cc1C. The molecular formula is C12H12N2O3. The third-order valence-electron chi connectivity index (χ3n) is 2.76. The number of hydrogen-bond donors (Lipinski definition) is 1. The minimum atomic E-state index is -1.04. The van der Waals surface area contributed by atoms with E-state index in [4.69, 9.17) is 5.11 Å². The first kappa shape index (κ1) is 11.3. The predicted molar refractivity (Wildman–Crippen MR) is 63.1 cm³/mol. The van der Waals surface area contributed by atoms with E-state index in [0.29, 0.717) is 11.0 Å². The van der Waals surface area contributed by atoms with Crippen LogP contribution in [0.25, 0.3) is 11.0 Å². The molecule has 0 radical (unpaired) electrons. The van der Waals surface area contributed by atoms with Crippen molar-refractivity contribution in [2.45, 2.75) is 20.4 Å². The van der Waals surface area contributed by atoms with Crippen molar-refractivity contribution in [3.63, 3.8) is 0 Å². The highest BCUT2D eigenvalue weighted by atomic mass is 16.4. The van der Waals surface area contributed by atoms with Gasteiger partial charge in [0.15, 0.2) is 0 Å². The van der Waals surface area contributed by atoms with Crippen molar-refractivity contribution < 1.29 is 9.90 Å². The number of nitrogens with zero attached hydrogens (tertiary/aromatic N) is 2. The number of aryl methyl sites for hydroxylation is 2. The van der Waals surface area contributed by atoms with Crippen molar-refractivity contribution in [3.05, 3.63) is 39.8 Å². The first-order valence-corrected chi connectivity index (χ1v) is 5.17. The van der Waals surface area contributed by atoms with Gasteiger partial charge in [-0.25, -0.2) is 4.98 Å². The molecule has 0 bridgehead atoms. The van der Waals surface area contributed by atoms with E-state index in [1.165, 1.54) is 4.57 Å². The molecule has 1 N–H and O–H groups in total. The molecule has 1 heterocycles. The Hall–Kier alpha value is -2.17. The zero-order chi connectivity index (χ0) is 12.6. The van der Waals surface area contributed by atoms with Crippen molar-refractivity contribution in [1.82, 2.24) is 9.55 Å². The van der Waals surface area contributed by atoms with Crippen LogP contribution in [-0.2, 0) is 11.3 Å². The number of aromatic nitrogens is 2. The van der Waals surface area contributed by atoms with Gasteiger partial charge < -0.3 is 5.11 Å². The molecule has 0 unspecified atom stereocenters. The number of fused-ring (bicyclic) bond motifs is 1. The molecule has 17 heavy (non-hydrogen) atoms. The predicted octanol–water partition coefficient (Wildman–Crippen LogP) is 1.10. The molecule has 0 aliphatic rings. The molecule has 1 aromatic carbocycles. The van der Waals surface area contributed by atoms with Gasteiger partial charge in [0.1, 0.15) is 6.54 Å². The van der Waals surface area contributed by atoms with Crippen LogP contribution in [0.15, 0.2) is 23.1 Å². The normalized spacial score (nSPS) is 10.7. The lowest BCUT2D eigenvalue weighted by molar-refractivity contribution is -0.137. The second kappa shape index (κ2) is 4.01. The summed E-state index contributed by atoms with van der Waals surface area (Å²) in [5.41, 5.74) is 2.86. The number of rotatable bonds is 2. The first-order valence-electron chi connectivity index (χ1n) is 5.17. The van der Waals surface area contributed by atoms with E-state index >= 15 is 0 Å². The summed E-state index contributed by atoms with van der Waals surface area (Å²) in [7, 11) is 0. The van der Waals surface area contributed by atoms with Gasteiger partial charge >= 0.3 is 5.97 Å². The lowest BCUT2D eigenvalue weighted by atomic mass is 10.1. The third kappa shape index (κ3) is 2.04. The minimum absolute atomic E-state index is 0.347. The van der Waals surface area contributed by atoms with Crippen molar-refractivity contribution >= 4 is 17.0 Å². The van der Waals surface area contributed by atoms with Gasteiger partial charge in [-0.1, -0.05) is 0 Å². The smallest absolute Gasteiger partial charge is 0.323 e. The molecule has 2 aromatic rings. The van der Waals surface area contributed by atoms with Crippen LogP contribution in [0.1, 0.15) is 11.1 Å². The zero-order valence-corrected chi connectivity index (χ0v) is 9.60. The quantitative estimate of drug-likeness (QED) is 0.841. The molecule has 5 nitrogen and oxygen atoms in total. The number of carboxylic acid groups (broad SMARTS) is 1. The summed E-state index contributed by atoms with van der Waals surface area (Å²) in [6, 6.07) is 3.64. The lowest BCUT2D eigenvalue weighted by Crippen LogP contribution is -2.24. The van der Waals surface area contributed by atoms with Crippen molar-refractivity contribution in [1.29, 1.82) is 0 Å². The molecule has 2 rings (SSSR count). The van der Waals surface area contributed by atoms with Crippen LogP contribution in [0.2, 0.25) is 0 Å². The van der Waals surface area contributed by atoms with Crippen LogP contribution in [-0.4, -0.2) is 20.6 Å². The number of aliphatic carboxylic acids is 1. The second-order valence-electron chi connectivity index (χ2n) is 4.00. The van der Waals surface area contributed by atoms with Gasteiger partial charge in [-0.05, 0) is 37.1 Å². The maximum atomic E-state index is 11.6. The molecule has 0 aliphatic heterocycles. The molecule has 0 amide bonds. The Balaban J connectivity index is 2.80. The average Bonchev–Trinajstić information content (AvgIpc) is 2.25. The van der Waals surface area contributed by atoms with E-state index in [-0.39, 0.29) is 6.54 Å². The molecular weight excluding hydrogens is 220 g/mol. The maximum Gasteiger partial charge on any atom is 0.323 e. The number of hydrogen-bond acceptors (Lipinski definition) is 3. The Morgan fingerprint density at radius 3 is 2.65 bits per heavy atom. The van der Waals surface area contributed by atoms with E-state index in [9.17, 15) is 9.59 Å². The summed E-state index contributed by atoms with van der Waals surface area (Å²) < 4.78 is 1.22. The van der Waals surface area contributed by atoms with Gasteiger partial charge in [-0.3, -0.25) is 14.2 Å². The third-order valence-corrected chi connectivity index (χ3v) is 2.76. The molecule has 1 aromatic heterocycles. The van der Waals surface area contributed by atoms with E-state index in [0.717, 1.165) is 17.3 Å². The highest BCUT2D eigenvalue weighted by Crippen LogP contribution is 2.15. The van der Waals surface area contributed by atoms with Gasteiger partial charge in [0.25, 0.3) is 5.56 Å². The molecule has 0 saturated carbocycles. The monoisotopic (exact) mass is 232 g/mol. The van der Waals surface area contributed by atoms with E-state index in [1.54, 1.807) is 6.07 Å². The van der Waals surface area contributed by atoms with Crippen LogP contribution in [0.3, 0.4) is 0 Å². The fraction of sp³-hybridized carbons (Fsp3) is 0.250. The summed E-state index contributed by atoms with van der Waals surface area (Å²) in [6.07, 6.45) is 1.15. The van der Waals surface area contributed by atoms with Crippen LogP contribution in [0.5, 0.6) is 0 Å². The van der Waals surface area contributed by atoms with Gasteiger partial charge in [0, 0.05) is 0 Å². The number of carboxylic acids is 1. The number of benzene rings is 1. The molecule has 0 atom stereocenters. The molecule has 0 aliphatic carbocycles. The Morgan fingerprint density at radius 2 is 2.00 bits per heavy atom. The molecule has 0 spiro atoms. The summed E-state index contributed by atoms with van der Waals surface area (Å²) in [6.45, 7) is 3.51. The second-order valence-corrected chi connectivity index (χ2v) is 4.00. The lowest BCUT2D eigenvalue weighted by Gasteiger charge is -2.09. The fourth-order valence-corrected chi connectivity index (χ4v) is 1.72. The maximum absolute atomic E-state index is 11.6. The van der Waals surface area contributed by atoms with Crippen LogP contribution in [0, 0.1) is 13.8 Å². The first-order chi connectivity index (χ1) is 7.99. The van der Waals surface area contributed by atoms with E-state index < -0.39 is 11.5 Å². The highest BCUT2D eigenvalue weighted by molar-refractivity contribution is 5.78. The van der Waals surface area contributed by atoms with Crippen molar-refractivity contribution in [2.75, 3.05) is 0 Å². The van der Waals surface area contributed by atoms with E-state index in [1.807, 2.05) is 19.9 Å². The van der Waals surface area contributed by atoms with Crippen LogP contribution < -0.4 is 5.56 Å². The molecule has 88 valence electrons. The highest BCUT2D eigenvalue weighted by Gasteiger charge is 2.08. The Labute approximate surface area is 97.3 Å². The molecule has 0 saturated heterocycles. The summed E-state index contributed by atoms with van der Waals surface area (Å²) in [5.74, 6) is -1.04. The molecule has 5 heteroatoms. The van der Waals surface area contributed by atoms with E-state index in [2.05, 4.69) is 4.98 Å². The summed E-state index contributed by atoms with van der Waals surface area (Å²) in [5, 5.41) is 8.79. The standard InChI is InChI=1S/C12H12N2O3/c1-7-3-9-10(4-8(7)2)14(6-12(16)17)11(15)5-13-9/h3-5H,6H2,1-2H3,(H,16,17). The van der Waals surface area contributed by atoms with Gasteiger partial charge in [-0.2, -0.15) is 0 Å². The Morgan fingerprint density at radius 1 is 1.35 bits per heavy atom. The summed E-state index contributed by atoms with van der Waals surface area (Å²) in [4.78, 5) is 26.4.